The van der Waals surface area contributed by atoms with Gasteiger partial charge in [0.1, 0.15) is 0 Å². The summed E-state index contributed by atoms with van der Waals surface area (Å²) < 4.78 is 2.02. The Labute approximate surface area is 111 Å². The van der Waals surface area contributed by atoms with Crippen LogP contribution in [0.2, 0.25) is 0 Å². The summed E-state index contributed by atoms with van der Waals surface area (Å²) in [5.41, 5.74) is 0.962. The lowest BCUT2D eigenvalue weighted by atomic mass is 10.1. The van der Waals surface area contributed by atoms with Gasteiger partial charge in [0.15, 0.2) is 0 Å². The van der Waals surface area contributed by atoms with E-state index in [1.54, 1.807) is 12.5 Å². The minimum atomic E-state index is -0.344. The van der Waals surface area contributed by atoms with E-state index >= 15 is 0 Å². The Balaban J connectivity index is 2.12. The molecule has 1 N–H and O–H groups in total. The third-order valence-electron chi connectivity index (χ3n) is 3.51. The van der Waals surface area contributed by atoms with E-state index in [0.717, 1.165) is 25.1 Å². The van der Waals surface area contributed by atoms with Gasteiger partial charge in [0, 0.05) is 6.54 Å². The summed E-state index contributed by atoms with van der Waals surface area (Å²) in [5, 5.41) is 10.1. The van der Waals surface area contributed by atoms with E-state index in [1.165, 1.54) is 38.5 Å². The number of hydrogen-bond acceptors (Lipinski definition) is 2. The summed E-state index contributed by atoms with van der Waals surface area (Å²) in [6.45, 7) is 5.20. The van der Waals surface area contributed by atoms with Gasteiger partial charge in [-0.05, 0) is 13.3 Å². The smallest absolute Gasteiger partial charge is 0.0955 e. The number of imidazole rings is 1. The molecule has 1 unspecified atom stereocenters. The first-order valence-electron chi connectivity index (χ1n) is 7.47. The molecular weight excluding hydrogens is 224 g/mol. The largest absolute Gasteiger partial charge is 0.387 e. The minimum absolute atomic E-state index is 0.344. The molecule has 1 rings (SSSR count). The Bertz CT molecular complexity index is 309. The highest BCUT2D eigenvalue weighted by Gasteiger charge is 2.11. The van der Waals surface area contributed by atoms with Crippen LogP contribution < -0.4 is 0 Å². The second-order valence-electron chi connectivity index (χ2n) is 5.03. The van der Waals surface area contributed by atoms with Crippen molar-refractivity contribution in [1.29, 1.82) is 0 Å². The molecule has 0 aliphatic heterocycles. The van der Waals surface area contributed by atoms with Crippen LogP contribution in [0.25, 0.3) is 0 Å². The zero-order chi connectivity index (χ0) is 13.2. The number of rotatable bonds is 10. The summed E-state index contributed by atoms with van der Waals surface area (Å²) in [6, 6.07) is 0. The van der Waals surface area contributed by atoms with Crippen molar-refractivity contribution in [2.75, 3.05) is 0 Å². The van der Waals surface area contributed by atoms with Crippen LogP contribution in [-0.4, -0.2) is 14.7 Å². The number of aryl methyl sites for hydroxylation is 1. The number of hydrogen-bond donors (Lipinski definition) is 1. The molecule has 104 valence electrons. The average Bonchev–Trinajstić information content (AvgIpc) is 2.85. The lowest BCUT2D eigenvalue weighted by molar-refractivity contribution is 0.154. The zero-order valence-electron chi connectivity index (χ0n) is 11.9. The number of aliphatic hydroxyl groups excluding tert-OH is 1. The predicted molar refractivity (Wildman–Crippen MR) is 75.5 cm³/mol. The Kier molecular flexibility index (Phi) is 7.74. The maximum absolute atomic E-state index is 10.1. The molecule has 18 heavy (non-hydrogen) atoms. The highest BCUT2D eigenvalue weighted by Crippen LogP contribution is 2.20. The molecule has 0 bridgehead atoms. The van der Waals surface area contributed by atoms with Gasteiger partial charge in [0.2, 0.25) is 0 Å². The standard InChI is InChI=1S/C15H28N2O/c1-3-5-6-7-8-9-10-11-15(18)14-12-16-13-17(14)4-2/h12-13,15,18H,3-11H2,1-2H3. The van der Waals surface area contributed by atoms with Crippen molar-refractivity contribution in [2.45, 2.75) is 77.9 Å². The molecule has 0 amide bonds. The van der Waals surface area contributed by atoms with Crippen molar-refractivity contribution >= 4 is 0 Å². The summed E-state index contributed by atoms with van der Waals surface area (Å²) in [5.74, 6) is 0. The fourth-order valence-corrected chi connectivity index (χ4v) is 2.32. The fourth-order valence-electron chi connectivity index (χ4n) is 2.32. The van der Waals surface area contributed by atoms with E-state index in [-0.39, 0.29) is 6.10 Å². The molecule has 1 atom stereocenters. The summed E-state index contributed by atoms with van der Waals surface area (Å²) in [7, 11) is 0. The van der Waals surface area contributed by atoms with E-state index < -0.39 is 0 Å². The number of aliphatic hydroxyl groups is 1. The molecule has 1 heterocycles. The molecule has 0 aliphatic carbocycles. The lowest BCUT2D eigenvalue weighted by Crippen LogP contribution is -2.05. The van der Waals surface area contributed by atoms with Crippen LogP contribution in [-0.2, 0) is 6.54 Å². The normalized spacial score (nSPS) is 12.8. The molecule has 0 radical (unpaired) electrons. The van der Waals surface area contributed by atoms with Crippen LogP contribution in [0, 0.1) is 0 Å². The van der Waals surface area contributed by atoms with Gasteiger partial charge in [0.05, 0.1) is 24.3 Å². The van der Waals surface area contributed by atoms with Gasteiger partial charge in [-0.25, -0.2) is 4.98 Å². The molecule has 0 saturated carbocycles. The highest BCUT2D eigenvalue weighted by molar-refractivity contribution is 5.02. The van der Waals surface area contributed by atoms with Crippen LogP contribution in [0.15, 0.2) is 12.5 Å². The van der Waals surface area contributed by atoms with Gasteiger partial charge >= 0.3 is 0 Å². The van der Waals surface area contributed by atoms with E-state index in [4.69, 9.17) is 0 Å². The summed E-state index contributed by atoms with van der Waals surface area (Å²) >= 11 is 0. The van der Waals surface area contributed by atoms with Gasteiger partial charge in [-0.15, -0.1) is 0 Å². The predicted octanol–water partition coefficient (Wildman–Crippen LogP) is 4.08. The van der Waals surface area contributed by atoms with Gasteiger partial charge in [-0.3, -0.25) is 0 Å². The monoisotopic (exact) mass is 252 g/mol. The third kappa shape index (κ3) is 5.21. The molecule has 1 aromatic heterocycles. The molecule has 0 spiro atoms. The molecule has 0 saturated heterocycles. The van der Waals surface area contributed by atoms with Crippen molar-refractivity contribution in [3.8, 4) is 0 Å². The van der Waals surface area contributed by atoms with Crippen molar-refractivity contribution in [3.05, 3.63) is 18.2 Å². The van der Waals surface area contributed by atoms with E-state index in [1.807, 2.05) is 4.57 Å². The Morgan fingerprint density at radius 3 is 2.44 bits per heavy atom. The fraction of sp³-hybridized carbons (Fsp3) is 0.800. The van der Waals surface area contributed by atoms with E-state index in [9.17, 15) is 5.11 Å². The van der Waals surface area contributed by atoms with Crippen molar-refractivity contribution in [2.24, 2.45) is 0 Å². The quantitative estimate of drug-likeness (QED) is 0.637. The zero-order valence-corrected chi connectivity index (χ0v) is 11.9. The van der Waals surface area contributed by atoms with Crippen LogP contribution in [0.4, 0.5) is 0 Å². The topological polar surface area (TPSA) is 38.1 Å². The number of nitrogens with zero attached hydrogens (tertiary/aromatic N) is 2. The molecule has 1 aromatic rings. The average molecular weight is 252 g/mol. The SMILES string of the molecule is CCCCCCCCCC(O)c1cncn1CC. The minimum Gasteiger partial charge on any atom is -0.387 e. The third-order valence-corrected chi connectivity index (χ3v) is 3.51. The second-order valence-corrected chi connectivity index (χ2v) is 5.03. The van der Waals surface area contributed by atoms with Crippen molar-refractivity contribution in [3.63, 3.8) is 0 Å². The van der Waals surface area contributed by atoms with E-state index in [2.05, 4.69) is 18.8 Å². The first-order valence-corrected chi connectivity index (χ1v) is 7.47. The number of unbranched alkanes of at least 4 members (excludes halogenated alkanes) is 6. The van der Waals surface area contributed by atoms with Gasteiger partial charge in [-0.1, -0.05) is 51.9 Å². The van der Waals surface area contributed by atoms with E-state index in [0.29, 0.717) is 0 Å². The first kappa shape index (κ1) is 15.2. The van der Waals surface area contributed by atoms with Crippen LogP contribution in [0.1, 0.15) is 77.0 Å². The summed E-state index contributed by atoms with van der Waals surface area (Å²) in [4.78, 5) is 4.10. The Hall–Kier alpha value is -0.830. The molecule has 0 aromatic carbocycles. The van der Waals surface area contributed by atoms with Crippen LogP contribution in [0.5, 0.6) is 0 Å². The number of aromatic nitrogens is 2. The maximum atomic E-state index is 10.1. The van der Waals surface area contributed by atoms with Crippen molar-refractivity contribution in [1.82, 2.24) is 9.55 Å². The van der Waals surface area contributed by atoms with Gasteiger partial charge in [0.25, 0.3) is 0 Å². The summed E-state index contributed by atoms with van der Waals surface area (Å²) in [6.07, 6.45) is 13.1. The van der Waals surface area contributed by atoms with Gasteiger partial charge in [-0.2, -0.15) is 0 Å². The van der Waals surface area contributed by atoms with Crippen LogP contribution in [0.3, 0.4) is 0 Å². The molecular formula is C15H28N2O. The molecule has 0 fully saturated rings. The van der Waals surface area contributed by atoms with Crippen LogP contribution >= 0.6 is 0 Å². The first-order chi connectivity index (χ1) is 8.79. The Morgan fingerprint density at radius 1 is 1.11 bits per heavy atom. The highest BCUT2D eigenvalue weighted by atomic mass is 16.3. The molecule has 0 aliphatic rings. The maximum Gasteiger partial charge on any atom is 0.0955 e. The lowest BCUT2D eigenvalue weighted by Gasteiger charge is -2.12. The Morgan fingerprint density at radius 2 is 1.78 bits per heavy atom. The van der Waals surface area contributed by atoms with Gasteiger partial charge < -0.3 is 9.67 Å². The van der Waals surface area contributed by atoms with Crippen molar-refractivity contribution < 1.29 is 5.11 Å². The molecule has 3 nitrogen and oxygen atoms in total. The second kappa shape index (κ2) is 9.15. The molecule has 3 heteroatoms.